The summed E-state index contributed by atoms with van der Waals surface area (Å²) in [4.78, 5) is 11.4. The molecule has 0 radical (unpaired) electrons. The quantitative estimate of drug-likeness (QED) is 0.819. The Labute approximate surface area is 107 Å². The van der Waals surface area contributed by atoms with Crippen molar-refractivity contribution in [1.29, 1.82) is 0 Å². The van der Waals surface area contributed by atoms with Crippen LogP contribution in [0.2, 0.25) is 5.02 Å². The van der Waals surface area contributed by atoms with Gasteiger partial charge in [0.2, 0.25) is 5.91 Å². The molecule has 0 aliphatic carbocycles. The number of hydrogen-bond acceptors (Lipinski definition) is 2. The molecule has 0 aromatic heterocycles. The lowest BCUT2D eigenvalue weighted by Gasteiger charge is -2.16. The molecule has 0 heterocycles. The van der Waals surface area contributed by atoms with E-state index in [1.807, 2.05) is 31.2 Å². The molecule has 3 N–H and O–H groups in total. The van der Waals surface area contributed by atoms with Crippen LogP contribution < -0.4 is 11.1 Å². The molecule has 0 saturated heterocycles. The fourth-order valence-electron chi connectivity index (χ4n) is 1.80. The van der Waals surface area contributed by atoms with E-state index in [9.17, 15) is 4.79 Å². The molecule has 0 bridgehead atoms. The van der Waals surface area contributed by atoms with E-state index in [0.29, 0.717) is 19.5 Å². The van der Waals surface area contributed by atoms with Gasteiger partial charge in [-0.3, -0.25) is 4.79 Å². The van der Waals surface area contributed by atoms with Crippen LogP contribution in [0.4, 0.5) is 0 Å². The van der Waals surface area contributed by atoms with Crippen LogP contribution in [0.1, 0.15) is 31.2 Å². The number of carbonyl (C=O) groups is 1. The van der Waals surface area contributed by atoms with E-state index in [0.717, 1.165) is 17.0 Å². The van der Waals surface area contributed by atoms with Crippen molar-refractivity contribution in [3.05, 3.63) is 34.9 Å². The Hall–Kier alpha value is -1.06. The Bertz CT molecular complexity index is 368. The van der Waals surface area contributed by atoms with Gasteiger partial charge >= 0.3 is 0 Å². The summed E-state index contributed by atoms with van der Waals surface area (Å²) in [6, 6.07) is 7.66. The van der Waals surface area contributed by atoms with Crippen molar-refractivity contribution in [1.82, 2.24) is 5.32 Å². The largest absolute Gasteiger partial charge is 0.356 e. The lowest BCUT2D eigenvalue weighted by molar-refractivity contribution is -0.121. The van der Waals surface area contributed by atoms with Crippen LogP contribution in [0.5, 0.6) is 0 Å². The summed E-state index contributed by atoms with van der Waals surface area (Å²) in [6.45, 7) is 3.08. The average molecular weight is 255 g/mol. The van der Waals surface area contributed by atoms with Crippen LogP contribution in [0.3, 0.4) is 0 Å². The Morgan fingerprint density at radius 1 is 1.47 bits per heavy atom. The van der Waals surface area contributed by atoms with Gasteiger partial charge < -0.3 is 11.1 Å². The number of carbonyl (C=O) groups excluding carboxylic acids is 1. The first-order valence-corrected chi connectivity index (χ1v) is 6.28. The molecule has 1 rings (SSSR count). The third-order valence-corrected chi connectivity index (χ3v) is 3.07. The molecule has 3 nitrogen and oxygen atoms in total. The highest BCUT2D eigenvalue weighted by atomic mass is 35.5. The highest BCUT2D eigenvalue weighted by Crippen LogP contribution is 2.26. The SMILES string of the molecule is CCNC(=O)CCC(CN)c1ccccc1Cl. The molecular formula is C13H19ClN2O. The zero-order chi connectivity index (χ0) is 12.7. The van der Waals surface area contributed by atoms with Gasteiger partial charge in [0.05, 0.1) is 0 Å². The second kappa shape index (κ2) is 7.30. The number of halogens is 1. The van der Waals surface area contributed by atoms with Crippen LogP contribution in [-0.2, 0) is 4.79 Å². The first-order chi connectivity index (χ1) is 8.19. The normalized spacial score (nSPS) is 12.2. The van der Waals surface area contributed by atoms with Crippen LogP contribution in [0.25, 0.3) is 0 Å². The molecular weight excluding hydrogens is 236 g/mol. The second-order valence-corrected chi connectivity index (χ2v) is 4.35. The standard InChI is InChI=1S/C13H19ClN2O/c1-2-16-13(17)8-7-10(9-15)11-5-3-4-6-12(11)14/h3-6,10H,2,7-9,15H2,1H3,(H,16,17). The predicted molar refractivity (Wildman–Crippen MR) is 71.2 cm³/mol. The molecule has 4 heteroatoms. The molecule has 0 saturated carbocycles. The van der Waals surface area contributed by atoms with Crippen molar-refractivity contribution in [2.24, 2.45) is 5.73 Å². The maximum Gasteiger partial charge on any atom is 0.220 e. The van der Waals surface area contributed by atoms with Gasteiger partial charge in [0.15, 0.2) is 0 Å². The number of benzene rings is 1. The molecule has 17 heavy (non-hydrogen) atoms. The molecule has 0 fully saturated rings. The zero-order valence-electron chi connectivity index (χ0n) is 10.1. The zero-order valence-corrected chi connectivity index (χ0v) is 10.8. The minimum Gasteiger partial charge on any atom is -0.356 e. The van der Waals surface area contributed by atoms with E-state index >= 15 is 0 Å². The van der Waals surface area contributed by atoms with Gasteiger partial charge in [-0.15, -0.1) is 0 Å². The Morgan fingerprint density at radius 2 is 2.18 bits per heavy atom. The molecule has 0 spiro atoms. The van der Waals surface area contributed by atoms with Crippen LogP contribution in [0.15, 0.2) is 24.3 Å². The van der Waals surface area contributed by atoms with Gasteiger partial charge in [0.25, 0.3) is 0 Å². The van der Waals surface area contributed by atoms with Crippen molar-refractivity contribution in [3.8, 4) is 0 Å². The summed E-state index contributed by atoms with van der Waals surface area (Å²) in [5.41, 5.74) is 6.77. The van der Waals surface area contributed by atoms with Crippen molar-refractivity contribution in [3.63, 3.8) is 0 Å². The predicted octanol–water partition coefficient (Wildman–Crippen LogP) is 2.30. The summed E-state index contributed by atoms with van der Waals surface area (Å²) in [6.07, 6.45) is 1.22. The molecule has 0 aliphatic heterocycles. The molecule has 1 aromatic carbocycles. The van der Waals surface area contributed by atoms with Gasteiger partial charge in [0.1, 0.15) is 0 Å². The van der Waals surface area contributed by atoms with E-state index in [2.05, 4.69) is 5.32 Å². The summed E-state index contributed by atoms with van der Waals surface area (Å²) >= 11 is 6.12. The Kier molecular flexibility index (Phi) is 6.01. The lowest BCUT2D eigenvalue weighted by Crippen LogP contribution is -2.24. The monoisotopic (exact) mass is 254 g/mol. The smallest absolute Gasteiger partial charge is 0.220 e. The van der Waals surface area contributed by atoms with Gasteiger partial charge in [-0.05, 0) is 37.4 Å². The van der Waals surface area contributed by atoms with E-state index in [-0.39, 0.29) is 11.8 Å². The van der Waals surface area contributed by atoms with E-state index < -0.39 is 0 Å². The van der Waals surface area contributed by atoms with Crippen LogP contribution in [0, 0.1) is 0 Å². The first-order valence-electron chi connectivity index (χ1n) is 5.90. The third kappa shape index (κ3) is 4.36. The summed E-state index contributed by atoms with van der Waals surface area (Å²) < 4.78 is 0. The van der Waals surface area contributed by atoms with Gasteiger partial charge in [-0.1, -0.05) is 29.8 Å². The van der Waals surface area contributed by atoms with Crippen molar-refractivity contribution >= 4 is 17.5 Å². The minimum atomic E-state index is 0.0676. The summed E-state index contributed by atoms with van der Waals surface area (Å²) in [5, 5.41) is 3.50. The number of nitrogens with two attached hydrogens (primary N) is 1. The number of rotatable bonds is 6. The van der Waals surface area contributed by atoms with E-state index in [1.165, 1.54) is 0 Å². The number of amides is 1. The third-order valence-electron chi connectivity index (χ3n) is 2.72. The van der Waals surface area contributed by atoms with Gasteiger partial charge in [-0.2, -0.15) is 0 Å². The molecule has 0 aliphatic rings. The van der Waals surface area contributed by atoms with Crippen molar-refractivity contribution in [2.45, 2.75) is 25.7 Å². The molecule has 1 atom stereocenters. The van der Waals surface area contributed by atoms with E-state index in [1.54, 1.807) is 0 Å². The van der Waals surface area contributed by atoms with Gasteiger partial charge in [-0.25, -0.2) is 0 Å². The first kappa shape index (κ1) is 14.0. The van der Waals surface area contributed by atoms with Crippen molar-refractivity contribution in [2.75, 3.05) is 13.1 Å². The minimum absolute atomic E-state index is 0.0676. The lowest BCUT2D eigenvalue weighted by atomic mass is 9.94. The molecule has 1 aromatic rings. The summed E-state index contributed by atoms with van der Waals surface area (Å²) in [5.74, 6) is 0.212. The second-order valence-electron chi connectivity index (χ2n) is 3.95. The maximum absolute atomic E-state index is 11.4. The van der Waals surface area contributed by atoms with Crippen molar-refractivity contribution < 1.29 is 4.79 Å². The molecule has 94 valence electrons. The Morgan fingerprint density at radius 3 is 2.76 bits per heavy atom. The van der Waals surface area contributed by atoms with Crippen LogP contribution >= 0.6 is 11.6 Å². The number of hydrogen-bond donors (Lipinski definition) is 2. The summed E-state index contributed by atoms with van der Waals surface area (Å²) in [7, 11) is 0. The van der Waals surface area contributed by atoms with Gasteiger partial charge in [0, 0.05) is 18.0 Å². The molecule has 1 unspecified atom stereocenters. The Balaban J connectivity index is 2.60. The fraction of sp³-hybridized carbons (Fsp3) is 0.462. The topological polar surface area (TPSA) is 55.1 Å². The molecule has 1 amide bonds. The highest BCUT2D eigenvalue weighted by molar-refractivity contribution is 6.31. The van der Waals surface area contributed by atoms with E-state index in [4.69, 9.17) is 17.3 Å². The average Bonchev–Trinajstić information content (AvgIpc) is 2.32. The highest BCUT2D eigenvalue weighted by Gasteiger charge is 2.14. The fourth-order valence-corrected chi connectivity index (χ4v) is 2.09. The van der Waals surface area contributed by atoms with Crippen LogP contribution in [-0.4, -0.2) is 19.0 Å². The number of nitrogens with one attached hydrogen (secondary N) is 1. The maximum atomic E-state index is 11.4.